The third-order valence-electron chi connectivity index (χ3n) is 14.5. The van der Waals surface area contributed by atoms with Crippen LogP contribution in [0.1, 0.15) is 214 Å². The molecule has 0 spiro atoms. The van der Waals surface area contributed by atoms with E-state index in [1.807, 2.05) is 76.2 Å². The topological polar surface area (TPSA) is 344 Å². The quantitative estimate of drug-likeness (QED) is 0.0285. The van der Waals surface area contributed by atoms with Crippen molar-refractivity contribution in [1.82, 2.24) is 26.6 Å². The molecule has 9 amide bonds. The van der Waals surface area contributed by atoms with Crippen molar-refractivity contribution in [2.45, 2.75) is 214 Å². The maximum Gasteiger partial charge on any atom is 0.223 e. The summed E-state index contributed by atoms with van der Waals surface area (Å²) in [4.78, 5) is 119. The minimum absolute atomic E-state index is 0.0267. The number of nitrogens with one attached hydrogen (secondary N) is 5. The summed E-state index contributed by atoms with van der Waals surface area (Å²) in [5.74, 6) is -11.1. The van der Waals surface area contributed by atoms with Gasteiger partial charge in [-0.1, -0.05) is 104 Å². The molecule has 9 unspecified atom stereocenters. The Morgan fingerprint density at radius 3 is 0.800 bits per heavy atom. The van der Waals surface area contributed by atoms with Crippen LogP contribution in [0.3, 0.4) is 0 Å². The third-order valence-corrected chi connectivity index (χ3v) is 14.5. The van der Waals surface area contributed by atoms with Gasteiger partial charge in [0.25, 0.3) is 0 Å². The first-order valence-corrected chi connectivity index (χ1v) is 30.0. The number of hydrogen-bond donors (Lipinski definition) is 10. The van der Waals surface area contributed by atoms with Gasteiger partial charge in [-0.3, -0.25) is 43.2 Å². The molecule has 19 nitrogen and oxygen atoms in total. The molecule has 0 aliphatic carbocycles. The van der Waals surface area contributed by atoms with Crippen LogP contribution in [-0.4, -0.2) is 92.4 Å². The second-order valence-electron chi connectivity index (χ2n) is 26.1. The highest BCUT2D eigenvalue weighted by atomic mass is 16.2. The number of primary amides is 4. The zero-order chi connectivity index (χ0) is 62.8. The summed E-state index contributed by atoms with van der Waals surface area (Å²) >= 11 is 0. The van der Waals surface area contributed by atoms with Crippen LogP contribution >= 0.6 is 0 Å². The minimum atomic E-state index is -1.09. The van der Waals surface area contributed by atoms with Gasteiger partial charge in [0.2, 0.25) is 53.2 Å². The van der Waals surface area contributed by atoms with E-state index >= 15 is 0 Å². The van der Waals surface area contributed by atoms with E-state index in [2.05, 4.69) is 75.1 Å². The van der Waals surface area contributed by atoms with E-state index in [0.29, 0.717) is 52.0 Å². The molecule has 0 aliphatic heterocycles. The molecule has 80 heavy (non-hydrogen) atoms. The Bertz CT molecular complexity index is 1850. The number of hydrogen-bond acceptors (Lipinski definition) is 10. The minimum Gasteiger partial charge on any atom is -0.369 e. The molecule has 0 radical (unpaired) electrons. The number of nitrogens with two attached hydrogens (primary N) is 5. The molecule has 0 saturated heterocycles. The van der Waals surface area contributed by atoms with Crippen molar-refractivity contribution in [2.24, 2.45) is 104 Å². The number of carbonyl (C=O) groups is 9. The van der Waals surface area contributed by atoms with E-state index in [0.717, 1.165) is 38.6 Å². The Morgan fingerprint density at radius 2 is 0.575 bits per heavy atom. The first-order valence-electron chi connectivity index (χ1n) is 30.0. The van der Waals surface area contributed by atoms with E-state index in [4.69, 9.17) is 28.7 Å². The Balaban J connectivity index is -0.00000279. The Kier molecular flexibility index (Phi) is 39.9. The van der Waals surface area contributed by atoms with E-state index in [1.165, 1.54) is 0 Å². The highest BCUT2D eigenvalue weighted by molar-refractivity contribution is 5.86. The molecule has 9 atom stereocenters. The summed E-state index contributed by atoms with van der Waals surface area (Å²) in [6, 6.07) is 0. The van der Waals surface area contributed by atoms with Crippen LogP contribution < -0.4 is 55.3 Å². The van der Waals surface area contributed by atoms with Crippen LogP contribution in [0.15, 0.2) is 0 Å². The average Bonchev–Trinajstić information content (AvgIpc) is 3.34. The van der Waals surface area contributed by atoms with Crippen LogP contribution in [0.4, 0.5) is 0 Å². The average molecular weight is 1140 g/mol. The van der Waals surface area contributed by atoms with Crippen LogP contribution in [0.2, 0.25) is 0 Å². The van der Waals surface area contributed by atoms with Gasteiger partial charge in [-0.25, -0.2) is 0 Å². The first-order chi connectivity index (χ1) is 36.8. The second kappa shape index (κ2) is 40.3. The second-order valence-corrected chi connectivity index (χ2v) is 26.1. The summed E-state index contributed by atoms with van der Waals surface area (Å²) in [5.41, 5.74) is 27.3. The lowest BCUT2D eigenvalue weighted by Gasteiger charge is -2.34. The molecule has 0 aromatic heterocycles. The Morgan fingerprint density at radius 1 is 0.350 bits per heavy atom. The van der Waals surface area contributed by atoms with E-state index in [-0.39, 0.29) is 85.3 Å². The molecule has 0 rings (SSSR count). The van der Waals surface area contributed by atoms with E-state index in [9.17, 15) is 43.2 Å². The Hall–Kier alpha value is -4.94. The molecule has 0 fully saturated rings. The van der Waals surface area contributed by atoms with Gasteiger partial charge in [-0.15, -0.1) is 0 Å². The Labute approximate surface area is 485 Å². The smallest absolute Gasteiger partial charge is 0.223 e. The van der Waals surface area contributed by atoms with Crippen molar-refractivity contribution in [3.8, 4) is 0 Å². The lowest BCUT2D eigenvalue weighted by atomic mass is 9.72. The summed E-state index contributed by atoms with van der Waals surface area (Å²) in [6.45, 7) is 40.2. The van der Waals surface area contributed by atoms with Crippen molar-refractivity contribution in [3.63, 3.8) is 0 Å². The predicted molar refractivity (Wildman–Crippen MR) is 323 cm³/mol. The fraction of sp³-hybridized carbons (Fsp3) is 0.836. The van der Waals surface area contributed by atoms with Crippen LogP contribution in [0.5, 0.6) is 0 Å². The molecular weight excluding hydrogens is 1020 g/mol. The third kappa shape index (κ3) is 35.0. The van der Waals surface area contributed by atoms with Gasteiger partial charge in [0.15, 0.2) is 0 Å². The molecule has 19 heteroatoms. The molecule has 0 aliphatic rings. The fourth-order valence-electron chi connectivity index (χ4n) is 9.37. The molecule has 0 heterocycles. The normalized spacial score (nSPS) is 15.2. The van der Waals surface area contributed by atoms with Gasteiger partial charge in [0.1, 0.15) is 0 Å². The molecule has 0 aromatic rings. The molecule has 466 valence electrons. The highest BCUT2D eigenvalue weighted by Crippen LogP contribution is 2.38. The fourth-order valence-corrected chi connectivity index (χ4v) is 9.37. The molecule has 0 aromatic carbocycles. The SMILES string of the molecule is CCCN.CCCNC(=O)C(CC(CC(CC(CC(C(=O)NCCC)C(C)(C)C)C(=O)NCCC)C(N)=O)C(N)=O)CC(CC(CC(C(=O)NCCC)C(C)(C)C)C(N)=O)C(=O)NCCC.[CH2+]C(C)(C)CCC(C(N)=O)C(C)(C)C. The van der Waals surface area contributed by atoms with Crippen LogP contribution in [0, 0.1) is 81.8 Å². The van der Waals surface area contributed by atoms with Crippen LogP contribution in [0.25, 0.3) is 0 Å². The van der Waals surface area contributed by atoms with Crippen molar-refractivity contribution >= 4 is 53.2 Å². The number of carbonyl (C=O) groups excluding carboxylic acids is 9. The van der Waals surface area contributed by atoms with Gasteiger partial charge in [0.05, 0.1) is 12.3 Å². The number of amides is 9. The monoisotopic (exact) mass is 1140 g/mol. The zero-order valence-corrected chi connectivity index (χ0v) is 53.3. The molecule has 15 N–H and O–H groups in total. The maximum atomic E-state index is 14.0. The summed E-state index contributed by atoms with van der Waals surface area (Å²) in [5, 5.41) is 14.5. The first kappa shape index (κ1) is 79.3. The van der Waals surface area contributed by atoms with Gasteiger partial charge < -0.3 is 55.3 Å². The van der Waals surface area contributed by atoms with Gasteiger partial charge in [0, 0.05) is 86.0 Å². The van der Waals surface area contributed by atoms with Gasteiger partial charge in [-0.05, 0) is 133 Å². The maximum absolute atomic E-state index is 14.0. The van der Waals surface area contributed by atoms with Crippen molar-refractivity contribution in [3.05, 3.63) is 6.92 Å². The summed E-state index contributed by atoms with van der Waals surface area (Å²) in [7, 11) is 0. The highest BCUT2D eigenvalue weighted by Gasteiger charge is 2.41. The van der Waals surface area contributed by atoms with Gasteiger partial charge in [-0.2, -0.15) is 0 Å². The largest absolute Gasteiger partial charge is 0.369 e. The van der Waals surface area contributed by atoms with Crippen LogP contribution in [-0.2, 0) is 43.2 Å². The summed E-state index contributed by atoms with van der Waals surface area (Å²) < 4.78 is 0. The predicted octanol–water partition coefficient (Wildman–Crippen LogP) is 6.96. The van der Waals surface area contributed by atoms with E-state index in [1.54, 1.807) is 0 Å². The van der Waals surface area contributed by atoms with Crippen molar-refractivity contribution < 1.29 is 43.2 Å². The molecular formula is C61H119N10O9+. The van der Waals surface area contributed by atoms with Crippen molar-refractivity contribution in [1.29, 1.82) is 0 Å². The van der Waals surface area contributed by atoms with E-state index < -0.39 is 87.7 Å². The summed E-state index contributed by atoms with van der Waals surface area (Å²) in [6.07, 6.45) is 5.82. The zero-order valence-electron chi connectivity index (χ0n) is 53.3. The lowest BCUT2D eigenvalue weighted by molar-refractivity contribution is -0.134. The molecule has 0 saturated carbocycles. The number of rotatable bonds is 37. The standard InChI is InChI=1S/C46H86N8O8.C12H23NO.C3H9N/c1-12-17-50-40(58)32(26-33(41(59)51-18-13-2)25-31(39(49)57)27-35(45(6,7)8)43(61)53-20-15-4)23-29(37(47)55)22-30(38(48)56)24-34(42(60)52-19-14-3)28-36(46(9,10)11)44(62)54-21-16-5;1-11(2,3)8-7-9(10(13)14)12(4,5)6;1-2-3-4/h29-36H,12-28H2,1-11H3,(H2,47,55)(H2,48,56)(H2,49,57)(H,50,58)(H,51,59)(H,52,60)(H,53,61)(H,54,62);9H,1,7-8H2,2-6H3,(H-,13,14);2-4H2,1H3/p+1. The lowest BCUT2D eigenvalue weighted by Crippen LogP contribution is -2.44. The molecule has 0 bridgehead atoms. The van der Waals surface area contributed by atoms with Crippen molar-refractivity contribution in [2.75, 3.05) is 39.3 Å². The van der Waals surface area contributed by atoms with Gasteiger partial charge >= 0.3 is 0 Å².